The molecule has 212 valence electrons. The number of anilines is 1. The molecule has 3 aliphatic rings. The summed E-state index contributed by atoms with van der Waals surface area (Å²) in [6, 6.07) is 2.57. The van der Waals surface area contributed by atoms with Crippen LogP contribution in [0.4, 0.5) is 23.2 Å². The van der Waals surface area contributed by atoms with Gasteiger partial charge in [0.2, 0.25) is 11.8 Å². The minimum absolute atomic E-state index is 0.0765. The van der Waals surface area contributed by atoms with Gasteiger partial charge in [0.25, 0.3) is 0 Å². The molecule has 4 amide bonds. The fourth-order valence-corrected chi connectivity index (χ4v) is 5.66. The van der Waals surface area contributed by atoms with Crippen molar-refractivity contribution < 1.29 is 46.3 Å². The number of carbonyl (C=O) groups excluding carboxylic acids is 5. The van der Waals surface area contributed by atoms with E-state index in [0.717, 1.165) is 17.4 Å². The highest BCUT2D eigenvalue weighted by Gasteiger charge is 2.51. The summed E-state index contributed by atoms with van der Waals surface area (Å²) in [6.07, 6.45) is -2.98. The molecular weight excluding hydrogens is 528 g/mol. The lowest BCUT2D eigenvalue weighted by atomic mass is 9.92. The first-order chi connectivity index (χ1) is 18.4. The zero-order chi connectivity index (χ0) is 28.3. The molecule has 1 saturated carbocycles. The van der Waals surface area contributed by atoms with Gasteiger partial charge in [-0.3, -0.25) is 28.7 Å². The zero-order valence-corrected chi connectivity index (χ0v) is 20.8. The molecule has 2 saturated heterocycles. The van der Waals surface area contributed by atoms with Crippen molar-refractivity contribution in [3.63, 3.8) is 0 Å². The maximum atomic E-state index is 14.0. The van der Waals surface area contributed by atoms with E-state index < -0.39 is 66.2 Å². The van der Waals surface area contributed by atoms with E-state index in [2.05, 4.69) is 20.7 Å². The fraction of sp³-hybridized carbons (Fsp3) is 0.560. The molecular formula is C25H28F4N4O6. The first-order valence-corrected chi connectivity index (χ1v) is 12.6. The van der Waals surface area contributed by atoms with Crippen LogP contribution < -0.4 is 16.0 Å². The third-order valence-corrected chi connectivity index (χ3v) is 7.50. The monoisotopic (exact) mass is 556 g/mol. The number of carbonyl (C=O) groups is 5. The largest absolute Gasteiger partial charge is 0.522 e. The number of amides is 4. The van der Waals surface area contributed by atoms with E-state index in [9.17, 15) is 41.5 Å². The van der Waals surface area contributed by atoms with Gasteiger partial charge in [-0.15, -0.1) is 13.2 Å². The van der Waals surface area contributed by atoms with Crippen molar-refractivity contribution in [2.24, 2.45) is 17.8 Å². The number of likely N-dealkylation sites (tertiary alicyclic amines) is 1. The molecule has 14 heteroatoms. The van der Waals surface area contributed by atoms with Gasteiger partial charge >= 0.3 is 18.2 Å². The van der Waals surface area contributed by atoms with Crippen LogP contribution >= 0.6 is 0 Å². The van der Waals surface area contributed by atoms with Gasteiger partial charge in [-0.1, -0.05) is 18.6 Å². The standard InChI is InChI=1S/C25H28F4N4O6/c26-16-6-1-2-7-17(16)31-23(37)24(38)33-11-14-4-3-5-15(14)20(33)22(36)32-18(10-13-8-9-30-21(13)35)19(34)12-39-25(27,28)29/h1-2,6-7,13-15,18,20H,3-5,8-12H2,(H,30,35)(H,31,37)(H,32,36)/t13?,14?,15?,18?,20-/m0/s1. The second-order valence-electron chi connectivity index (χ2n) is 9.97. The highest BCUT2D eigenvalue weighted by Crippen LogP contribution is 2.42. The maximum absolute atomic E-state index is 14.0. The normalized spacial score (nSPS) is 25.1. The molecule has 3 N–H and O–H groups in total. The Balaban J connectivity index is 1.51. The number of hydrogen-bond donors (Lipinski definition) is 3. The summed E-state index contributed by atoms with van der Waals surface area (Å²) >= 11 is 0. The molecule has 0 bridgehead atoms. The van der Waals surface area contributed by atoms with E-state index in [4.69, 9.17) is 0 Å². The number of fused-ring (bicyclic) bond motifs is 1. The second-order valence-corrected chi connectivity index (χ2v) is 9.97. The van der Waals surface area contributed by atoms with Gasteiger partial charge in [0.15, 0.2) is 5.78 Å². The van der Waals surface area contributed by atoms with Crippen LogP contribution in [0.15, 0.2) is 24.3 Å². The number of ketones is 1. The van der Waals surface area contributed by atoms with Gasteiger partial charge in [-0.05, 0) is 49.7 Å². The quantitative estimate of drug-likeness (QED) is 0.328. The summed E-state index contributed by atoms with van der Waals surface area (Å²) < 4.78 is 55.3. The lowest BCUT2D eigenvalue weighted by Gasteiger charge is -2.29. The smallest absolute Gasteiger partial charge is 0.356 e. The lowest BCUT2D eigenvalue weighted by molar-refractivity contribution is -0.321. The molecule has 5 atom stereocenters. The summed E-state index contributed by atoms with van der Waals surface area (Å²) in [5.74, 6) is -6.45. The van der Waals surface area contributed by atoms with Gasteiger partial charge in [-0.2, -0.15) is 0 Å². The molecule has 2 heterocycles. The van der Waals surface area contributed by atoms with Crippen LogP contribution in [0.2, 0.25) is 0 Å². The lowest BCUT2D eigenvalue weighted by Crippen LogP contribution is -2.55. The van der Waals surface area contributed by atoms with E-state index in [1.54, 1.807) is 0 Å². The Morgan fingerprint density at radius 2 is 1.87 bits per heavy atom. The minimum Gasteiger partial charge on any atom is -0.356 e. The number of benzene rings is 1. The van der Waals surface area contributed by atoms with E-state index in [1.807, 2.05) is 0 Å². The Morgan fingerprint density at radius 3 is 2.54 bits per heavy atom. The highest BCUT2D eigenvalue weighted by atomic mass is 19.4. The molecule has 4 rings (SSSR count). The maximum Gasteiger partial charge on any atom is 0.522 e. The van der Waals surface area contributed by atoms with Crippen LogP contribution in [0.25, 0.3) is 0 Å². The number of halogens is 4. The number of para-hydroxylation sites is 1. The van der Waals surface area contributed by atoms with Crippen molar-refractivity contribution in [3.05, 3.63) is 30.1 Å². The first-order valence-electron chi connectivity index (χ1n) is 12.6. The third kappa shape index (κ3) is 6.72. The Labute approximate surface area is 220 Å². The van der Waals surface area contributed by atoms with Crippen molar-refractivity contribution in [1.82, 2.24) is 15.5 Å². The van der Waals surface area contributed by atoms with Crippen LogP contribution in [0.5, 0.6) is 0 Å². The molecule has 0 spiro atoms. The average molecular weight is 557 g/mol. The summed E-state index contributed by atoms with van der Waals surface area (Å²) in [5.41, 5.74) is -0.221. The molecule has 4 unspecified atom stereocenters. The molecule has 39 heavy (non-hydrogen) atoms. The van der Waals surface area contributed by atoms with Gasteiger partial charge in [0.05, 0.1) is 11.7 Å². The number of Topliss-reactive ketones (excluding diaryl/α,β-unsaturated/α-hetero) is 1. The molecule has 1 aromatic carbocycles. The molecule has 1 aliphatic carbocycles. The molecule has 1 aromatic rings. The molecule has 0 aromatic heterocycles. The Bertz CT molecular complexity index is 1150. The number of rotatable bonds is 8. The van der Waals surface area contributed by atoms with Crippen molar-refractivity contribution in [3.8, 4) is 0 Å². The molecule has 0 radical (unpaired) electrons. The van der Waals surface area contributed by atoms with Gasteiger partial charge in [0, 0.05) is 19.0 Å². The van der Waals surface area contributed by atoms with E-state index in [-0.39, 0.29) is 30.5 Å². The summed E-state index contributed by atoms with van der Waals surface area (Å²) in [6.45, 7) is -0.969. The number of nitrogens with zero attached hydrogens (tertiary/aromatic N) is 1. The highest BCUT2D eigenvalue weighted by molar-refractivity contribution is 6.40. The Morgan fingerprint density at radius 1 is 1.13 bits per heavy atom. The average Bonchev–Trinajstić information content (AvgIpc) is 3.58. The number of alkyl halides is 3. The molecule has 3 fully saturated rings. The second kappa shape index (κ2) is 11.7. The predicted octanol–water partition coefficient (Wildman–Crippen LogP) is 1.51. The number of nitrogens with one attached hydrogen (secondary N) is 3. The topological polar surface area (TPSA) is 134 Å². The molecule has 2 aliphatic heterocycles. The Hall–Kier alpha value is -3.55. The summed E-state index contributed by atoms with van der Waals surface area (Å²) in [4.78, 5) is 65.1. The van der Waals surface area contributed by atoms with Crippen molar-refractivity contribution in [1.29, 1.82) is 0 Å². The van der Waals surface area contributed by atoms with Crippen LogP contribution in [-0.2, 0) is 28.7 Å². The van der Waals surface area contributed by atoms with Crippen LogP contribution in [0.1, 0.15) is 32.1 Å². The van der Waals surface area contributed by atoms with Gasteiger partial charge in [-0.25, -0.2) is 4.39 Å². The number of hydrogen-bond acceptors (Lipinski definition) is 6. The van der Waals surface area contributed by atoms with E-state index in [1.165, 1.54) is 18.2 Å². The van der Waals surface area contributed by atoms with Crippen LogP contribution in [-0.4, -0.2) is 72.5 Å². The van der Waals surface area contributed by atoms with Crippen molar-refractivity contribution in [2.75, 3.05) is 25.0 Å². The van der Waals surface area contributed by atoms with Crippen LogP contribution in [0.3, 0.4) is 0 Å². The van der Waals surface area contributed by atoms with Gasteiger partial charge in [0.1, 0.15) is 18.5 Å². The minimum atomic E-state index is -5.08. The fourth-order valence-electron chi connectivity index (χ4n) is 5.66. The summed E-state index contributed by atoms with van der Waals surface area (Å²) in [5, 5.41) is 7.20. The van der Waals surface area contributed by atoms with Crippen molar-refractivity contribution >= 4 is 35.1 Å². The molecule has 10 nitrogen and oxygen atoms in total. The van der Waals surface area contributed by atoms with E-state index >= 15 is 0 Å². The van der Waals surface area contributed by atoms with E-state index in [0.29, 0.717) is 25.8 Å². The predicted molar refractivity (Wildman–Crippen MR) is 126 cm³/mol. The van der Waals surface area contributed by atoms with Crippen molar-refractivity contribution in [2.45, 2.75) is 50.6 Å². The SMILES string of the molecule is O=C(Nc1ccccc1F)C(=O)N1CC2CCCC2[C@H]1C(=O)NC(CC1CCNC1=O)C(=O)COC(F)(F)F. The third-order valence-electron chi connectivity index (χ3n) is 7.50. The zero-order valence-electron chi connectivity index (χ0n) is 20.8. The first kappa shape index (κ1) is 28.5. The van der Waals surface area contributed by atoms with Crippen LogP contribution in [0, 0.1) is 23.6 Å². The Kier molecular flexibility index (Phi) is 8.52. The van der Waals surface area contributed by atoms with Gasteiger partial charge < -0.3 is 20.9 Å². The summed E-state index contributed by atoms with van der Waals surface area (Å²) in [7, 11) is 0. The number of ether oxygens (including phenoxy) is 1.